The predicted octanol–water partition coefficient (Wildman–Crippen LogP) is 4.76. The van der Waals surface area contributed by atoms with Gasteiger partial charge in [0.2, 0.25) is 5.28 Å². The third kappa shape index (κ3) is 3.28. The number of rotatable bonds is 4. The van der Waals surface area contributed by atoms with Crippen LogP contribution >= 0.6 is 39.1 Å². The van der Waals surface area contributed by atoms with E-state index in [1.807, 2.05) is 11.4 Å². The highest BCUT2D eigenvalue weighted by molar-refractivity contribution is 9.10. The van der Waals surface area contributed by atoms with Crippen molar-refractivity contribution in [2.75, 3.05) is 11.9 Å². The van der Waals surface area contributed by atoms with E-state index in [9.17, 15) is 0 Å². The second kappa shape index (κ2) is 7.19. The molecule has 0 aliphatic carbocycles. The summed E-state index contributed by atoms with van der Waals surface area (Å²) in [6.45, 7) is 3.47. The Kier molecular flexibility index (Phi) is 4.95. The van der Waals surface area contributed by atoms with Gasteiger partial charge in [0.05, 0.1) is 18.3 Å². The minimum Gasteiger partial charge on any atom is -0.373 e. The number of nitrogens with zero attached hydrogens (tertiary/aromatic N) is 4. The Morgan fingerprint density at radius 3 is 3.08 bits per heavy atom. The lowest BCUT2D eigenvalue weighted by atomic mass is 10.0. The van der Waals surface area contributed by atoms with Crippen molar-refractivity contribution in [1.82, 2.24) is 19.0 Å². The summed E-state index contributed by atoms with van der Waals surface area (Å²) >= 11 is 11.3. The van der Waals surface area contributed by atoms with Gasteiger partial charge in [0.1, 0.15) is 10.1 Å². The average Bonchev–Trinajstić information content (AvgIpc) is 3.21. The number of nitrogens with one attached hydrogen (secondary N) is 1. The molecule has 0 aromatic carbocycles. The summed E-state index contributed by atoms with van der Waals surface area (Å²) in [4.78, 5) is 4.40. The zero-order chi connectivity index (χ0) is 17.4. The molecule has 25 heavy (non-hydrogen) atoms. The Labute approximate surface area is 162 Å². The molecule has 0 bridgehead atoms. The number of hydrogen-bond donors (Lipinski definition) is 1. The SMILES string of the molecule is Cc1c(C2CCCCO2)c(Br)n2nc(Cl)nc(NCc3ccsn3)c12. The second-order valence-corrected chi connectivity index (χ2v) is 7.77. The molecule has 1 fully saturated rings. The fourth-order valence-electron chi connectivity index (χ4n) is 3.24. The molecular weight excluding hydrogens is 426 g/mol. The van der Waals surface area contributed by atoms with Crippen LogP contribution in [0, 0.1) is 6.92 Å². The molecule has 1 atom stereocenters. The molecule has 4 rings (SSSR count). The van der Waals surface area contributed by atoms with E-state index in [1.54, 1.807) is 4.52 Å². The molecule has 1 N–H and O–H groups in total. The first kappa shape index (κ1) is 17.2. The van der Waals surface area contributed by atoms with Gasteiger partial charge in [-0.25, -0.2) is 4.52 Å². The van der Waals surface area contributed by atoms with E-state index >= 15 is 0 Å². The molecule has 9 heteroatoms. The van der Waals surface area contributed by atoms with Crippen molar-refractivity contribution < 1.29 is 4.74 Å². The predicted molar refractivity (Wildman–Crippen MR) is 102 cm³/mol. The number of aryl methyl sites for hydroxylation is 1. The van der Waals surface area contributed by atoms with Crippen LogP contribution in [-0.4, -0.2) is 25.6 Å². The molecule has 132 valence electrons. The van der Waals surface area contributed by atoms with E-state index in [-0.39, 0.29) is 11.4 Å². The molecular formula is C16H17BrClN5OS. The van der Waals surface area contributed by atoms with Crippen molar-refractivity contribution in [2.45, 2.75) is 38.8 Å². The van der Waals surface area contributed by atoms with E-state index in [1.165, 1.54) is 18.0 Å². The monoisotopic (exact) mass is 441 g/mol. The van der Waals surface area contributed by atoms with Gasteiger partial charge in [-0.3, -0.25) is 0 Å². The molecule has 0 radical (unpaired) electrons. The maximum atomic E-state index is 6.16. The Bertz CT molecular complexity index is 892. The van der Waals surface area contributed by atoms with Gasteiger partial charge in [-0.1, -0.05) is 0 Å². The summed E-state index contributed by atoms with van der Waals surface area (Å²) in [5.74, 6) is 0.702. The molecule has 1 aliphatic rings. The van der Waals surface area contributed by atoms with Crippen molar-refractivity contribution in [3.8, 4) is 0 Å². The standard InChI is InChI=1S/C16H17BrClN5OS/c1-9-12(11-4-2-3-6-24-11)14(17)23-13(9)15(20-16(18)21-23)19-8-10-5-7-25-22-10/h5,7,11H,2-4,6,8H2,1H3,(H,19,20,21). The zero-order valence-electron chi connectivity index (χ0n) is 13.6. The van der Waals surface area contributed by atoms with Crippen LogP contribution < -0.4 is 5.32 Å². The van der Waals surface area contributed by atoms with Crippen LogP contribution in [0.25, 0.3) is 5.52 Å². The lowest BCUT2D eigenvalue weighted by Crippen LogP contribution is -2.12. The molecule has 1 unspecified atom stereocenters. The molecule has 3 aromatic rings. The molecule has 1 aliphatic heterocycles. The van der Waals surface area contributed by atoms with Crippen molar-refractivity contribution in [3.63, 3.8) is 0 Å². The number of ether oxygens (including phenoxy) is 1. The number of fused-ring (bicyclic) bond motifs is 1. The van der Waals surface area contributed by atoms with E-state index in [0.29, 0.717) is 12.4 Å². The third-order valence-corrected chi connectivity index (χ3v) is 5.94. The van der Waals surface area contributed by atoms with Crippen LogP contribution in [0.15, 0.2) is 16.0 Å². The summed E-state index contributed by atoms with van der Waals surface area (Å²) in [5, 5.41) is 9.86. The van der Waals surface area contributed by atoms with E-state index in [2.05, 4.69) is 42.6 Å². The van der Waals surface area contributed by atoms with Gasteiger partial charge in [0.25, 0.3) is 0 Å². The summed E-state index contributed by atoms with van der Waals surface area (Å²) in [6.07, 6.45) is 3.38. The molecule has 0 spiro atoms. The maximum absolute atomic E-state index is 6.16. The minimum absolute atomic E-state index is 0.0787. The van der Waals surface area contributed by atoms with Gasteiger partial charge in [-0.2, -0.15) is 9.36 Å². The molecule has 3 aromatic heterocycles. The third-order valence-electron chi connectivity index (χ3n) is 4.42. The number of aromatic nitrogens is 4. The lowest BCUT2D eigenvalue weighted by Gasteiger charge is -2.23. The van der Waals surface area contributed by atoms with Gasteiger partial charge in [0, 0.05) is 17.6 Å². The first-order chi connectivity index (χ1) is 12.1. The highest BCUT2D eigenvalue weighted by atomic mass is 79.9. The number of halogens is 2. The topological polar surface area (TPSA) is 64.3 Å². The zero-order valence-corrected chi connectivity index (χ0v) is 16.8. The van der Waals surface area contributed by atoms with E-state index < -0.39 is 0 Å². The molecule has 1 saturated heterocycles. The largest absolute Gasteiger partial charge is 0.373 e. The van der Waals surface area contributed by atoms with Gasteiger partial charge < -0.3 is 10.1 Å². The Hall–Kier alpha value is -1.22. The first-order valence-corrected chi connectivity index (χ1v) is 10.1. The van der Waals surface area contributed by atoms with Crippen molar-refractivity contribution >= 4 is 50.4 Å². The van der Waals surface area contributed by atoms with Crippen LogP contribution in [0.2, 0.25) is 5.28 Å². The number of anilines is 1. The first-order valence-electron chi connectivity index (χ1n) is 8.14. The van der Waals surface area contributed by atoms with Crippen molar-refractivity contribution in [2.24, 2.45) is 0 Å². The van der Waals surface area contributed by atoms with Crippen LogP contribution in [-0.2, 0) is 11.3 Å². The van der Waals surface area contributed by atoms with Gasteiger partial charge in [0.15, 0.2) is 5.82 Å². The van der Waals surface area contributed by atoms with E-state index in [4.69, 9.17) is 16.3 Å². The molecule has 6 nitrogen and oxygen atoms in total. The summed E-state index contributed by atoms with van der Waals surface area (Å²) in [6, 6.07) is 1.99. The Morgan fingerprint density at radius 1 is 1.48 bits per heavy atom. The summed E-state index contributed by atoms with van der Waals surface area (Å²) in [7, 11) is 0. The lowest BCUT2D eigenvalue weighted by molar-refractivity contribution is 0.0142. The quantitative estimate of drug-likeness (QED) is 0.631. The fourth-order valence-corrected chi connectivity index (χ4v) is 4.75. The van der Waals surface area contributed by atoms with Crippen molar-refractivity contribution in [3.05, 3.63) is 38.2 Å². The highest BCUT2D eigenvalue weighted by Crippen LogP contribution is 2.39. The average molecular weight is 443 g/mol. The Morgan fingerprint density at radius 2 is 2.36 bits per heavy atom. The minimum atomic E-state index is 0.0787. The van der Waals surface area contributed by atoms with Gasteiger partial charge in [-0.05, 0) is 76.9 Å². The fraction of sp³-hybridized carbons (Fsp3) is 0.438. The second-order valence-electron chi connectivity index (χ2n) is 6.02. The van der Waals surface area contributed by atoms with Crippen molar-refractivity contribution in [1.29, 1.82) is 0 Å². The number of hydrogen-bond acceptors (Lipinski definition) is 6. The van der Waals surface area contributed by atoms with Crippen LogP contribution in [0.4, 0.5) is 5.82 Å². The summed E-state index contributed by atoms with van der Waals surface area (Å²) < 4.78 is 13.0. The molecule has 0 saturated carbocycles. The maximum Gasteiger partial charge on any atom is 0.243 e. The van der Waals surface area contributed by atoms with Crippen LogP contribution in [0.1, 0.15) is 42.2 Å². The van der Waals surface area contributed by atoms with Crippen LogP contribution in [0.5, 0.6) is 0 Å². The highest BCUT2D eigenvalue weighted by Gasteiger charge is 2.27. The molecule has 0 amide bonds. The van der Waals surface area contributed by atoms with Gasteiger partial charge >= 0.3 is 0 Å². The van der Waals surface area contributed by atoms with E-state index in [0.717, 1.165) is 46.4 Å². The smallest absolute Gasteiger partial charge is 0.243 e. The van der Waals surface area contributed by atoms with Gasteiger partial charge in [-0.15, -0.1) is 5.10 Å². The molecule has 4 heterocycles. The Balaban J connectivity index is 1.77. The van der Waals surface area contributed by atoms with Crippen LogP contribution in [0.3, 0.4) is 0 Å². The normalized spacial score (nSPS) is 18.0. The summed E-state index contributed by atoms with van der Waals surface area (Å²) in [5.41, 5.74) is 4.12.